The number of carbonyl (C=O) groups is 1. The van der Waals surface area contributed by atoms with E-state index in [-0.39, 0.29) is 11.8 Å². The molecule has 0 bridgehead atoms. The summed E-state index contributed by atoms with van der Waals surface area (Å²) in [7, 11) is 0. The highest BCUT2D eigenvalue weighted by molar-refractivity contribution is 6.30. The number of benzene rings is 3. The van der Waals surface area contributed by atoms with Crippen LogP contribution >= 0.6 is 11.6 Å². The van der Waals surface area contributed by atoms with Gasteiger partial charge in [-0.25, -0.2) is 4.98 Å². The number of nitrogens with one attached hydrogen (secondary N) is 1. The van der Waals surface area contributed by atoms with Crippen LogP contribution in [0.5, 0.6) is 0 Å². The lowest BCUT2D eigenvalue weighted by molar-refractivity contribution is 0.102. The molecule has 5 rings (SSSR count). The molecule has 1 aliphatic heterocycles. The second-order valence-corrected chi connectivity index (χ2v) is 7.54. The highest BCUT2D eigenvalue weighted by atomic mass is 35.5. The number of fused-ring (bicyclic) bond motifs is 3. The van der Waals surface area contributed by atoms with Gasteiger partial charge in [-0.15, -0.1) is 0 Å². The van der Waals surface area contributed by atoms with E-state index in [0.717, 1.165) is 28.2 Å². The van der Waals surface area contributed by atoms with Crippen LogP contribution in [0.3, 0.4) is 0 Å². The Hall–Kier alpha value is -3.37. The van der Waals surface area contributed by atoms with E-state index in [9.17, 15) is 4.79 Å². The van der Waals surface area contributed by atoms with Gasteiger partial charge in [-0.3, -0.25) is 9.36 Å². The molecule has 0 saturated heterocycles. The standard InChI is InChI=1S/C24H18ClN3O/c1-15-21(23(29)17-7-3-2-4-8-17)22(16-11-13-18(25)14-12-16)28-20-10-6-5-9-19(20)27-24(28)26-15/h2-14,22H,1H3,(H,26,27)/t22-/m0/s1. The maximum atomic E-state index is 13.6. The molecule has 1 aromatic heterocycles. The van der Waals surface area contributed by atoms with Gasteiger partial charge >= 0.3 is 0 Å². The summed E-state index contributed by atoms with van der Waals surface area (Å²) in [5, 5.41) is 4.01. The van der Waals surface area contributed by atoms with Crippen molar-refractivity contribution in [1.82, 2.24) is 9.55 Å². The number of anilines is 1. The van der Waals surface area contributed by atoms with Gasteiger partial charge in [0, 0.05) is 21.9 Å². The van der Waals surface area contributed by atoms with Crippen molar-refractivity contribution >= 4 is 34.4 Å². The summed E-state index contributed by atoms with van der Waals surface area (Å²) in [6.07, 6.45) is 0. The summed E-state index contributed by atoms with van der Waals surface area (Å²) in [6, 6.07) is 24.7. The quantitative estimate of drug-likeness (QED) is 0.439. The zero-order valence-electron chi connectivity index (χ0n) is 15.8. The Morgan fingerprint density at radius 3 is 2.41 bits per heavy atom. The van der Waals surface area contributed by atoms with Gasteiger partial charge in [0.05, 0.1) is 17.1 Å². The summed E-state index contributed by atoms with van der Waals surface area (Å²) >= 11 is 6.14. The molecule has 1 N–H and O–H groups in total. The van der Waals surface area contributed by atoms with Crippen molar-refractivity contribution in [2.45, 2.75) is 13.0 Å². The Bertz CT molecular complexity index is 1260. The van der Waals surface area contributed by atoms with Crippen molar-refractivity contribution in [1.29, 1.82) is 0 Å². The zero-order valence-corrected chi connectivity index (χ0v) is 16.5. The maximum Gasteiger partial charge on any atom is 0.209 e. The van der Waals surface area contributed by atoms with Gasteiger partial charge in [0.1, 0.15) is 0 Å². The summed E-state index contributed by atoms with van der Waals surface area (Å²) in [6.45, 7) is 1.93. The highest BCUT2D eigenvalue weighted by Gasteiger charge is 2.34. The Morgan fingerprint density at radius 2 is 1.66 bits per heavy atom. The number of ketones is 1. The third-order valence-electron chi connectivity index (χ3n) is 5.30. The average molecular weight is 400 g/mol. The lowest BCUT2D eigenvalue weighted by Gasteiger charge is -2.30. The molecule has 0 saturated carbocycles. The van der Waals surface area contributed by atoms with Crippen LogP contribution in [0, 0.1) is 0 Å². The van der Waals surface area contributed by atoms with Crippen LogP contribution in [0.15, 0.2) is 90.1 Å². The fraction of sp³-hybridized carbons (Fsp3) is 0.0833. The summed E-state index contributed by atoms with van der Waals surface area (Å²) < 4.78 is 2.10. The number of hydrogen-bond donors (Lipinski definition) is 1. The molecule has 1 aliphatic rings. The molecule has 142 valence electrons. The largest absolute Gasteiger partial charge is 0.329 e. The van der Waals surface area contributed by atoms with Crippen molar-refractivity contribution in [3.63, 3.8) is 0 Å². The topological polar surface area (TPSA) is 46.9 Å². The predicted octanol–water partition coefficient (Wildman–Crippen LogP) is 5.86. The van der Waals surface area contributed by atoms with E-state index < -0.39 is 0 Å². The number of Topliss-reactive ketones (excluding diaryl/α,β-unsaturated/α-hetero) is 1. The number of allylic oxidation sites excluding steroid dienone is 2. The molecular weight excluding hydrogens is 382 g/mol. The lowest BCUT2D eigenvalue weighted by atomic mass is 9.89. The van der Waals surface area contributed by atoms with E-state index in [0.29, 0.717) is 16.2 Å². The summed E-state index contributed by atoms with van der Waals surface area (Å²) in [5.41, 5.74) is 5.01. The van der Waals surface area contributed by atoms with E-state index in [1.165, 1.54) is 0 Å². The van der Waals surface area contributed by atoms with E-state index in [2.05, 4.69) is 9.88 Å². The van der Waals surface area contributed by atoms with Gasteiger partial charge in [0.2, 0.25) is 5.95 Å². The van der Waals surface area contributed by atoms with Gasteiger partial charge in [-0.05, 0) is 36.8 Å². The molecule has 0 amide bonds. The minimum Gasteiger partial charge on any atom is -0.329 e. The fourth-order valence-corrected chi connectivity index (χ4v) is 4.09. The minimum absolute atomic E-state index is 0.000943. The van der Waals surface area contributed by atoms with Crippen LogP contribution in [0.2, 0.25) is 5.02 Å². The van der Waals surface area contributed by atoms with Gasteiger partial charge in [0.25, 0.3) is 0 Å². The molecule has 2 heterocycles. The van der Waals surface area contributed by atoms with Crippen LogP contribution < -0.4 is 5.32 Å². The molecular formula is C24H18ClN3O. The second-order valence-electron chi connectivity index (χ2n) is 7.11. The number of rotatable bonds is 3. The first-order chi connectivity index (χ1) is 14.1. The van der Waals surface area contributed by atoms with Crippen LogP contribution in [-0.2, 0) is 0 Å². The number of nitrogens with zero attached hydrogens (tertiary/aromatic N) is 2. The number of hydrogen-bond acceptors (Lipinski definition) is 3. The molecule has 29 heavy (non-hydrogen) atoms. The third kappa shape index (κ3) is 2.93. The molecule has 0 spiro atoms. The monoisotopic (exact) mass is 399 g/mol. The molecule has 5 heteroatoms. The number of imidazole rings is 1. The van der Waals surface area contributed by atoms with Gasteiger partial charge < -0.3 is 5.32 Å². The molecule has 4 aromatic rings. The molecule has 3 aromatic carbocycles. The molecule has 0 radical (unpaired) electrons. The molecule has 0 unspecified atom stereocenters. The molecule has 0 fully saturated rings. The minimum atomic E-state index is -0.302. The van der Waals surface area contributed by atoms with Crippen molar-refractivity contribution < 1.29 is 4.79 Å². The second kappa shape index (κ2) is 6.90. The van der Waals surface area contributed by atoms with Gasteiger partial charge in [-0.2, -0.15) is 0 Å². The first-order valence-corrected chi connectivity index (χ1v) is 9.81. The molecule has 1 atom stereocenters. The SMILES string of the molecule is CC1=C(C(=O)c2ccccc2)[C@H](c2ccc(Cl)cc2)n2c(nc3ccccc32)N1. The molecule has 4 nitrogen and oxygen atoms in total. The van der Waals surface area contributed by atoms with Crippen molar-refractivity contribution in [3.05, 3.63) is 106 Å². The zero-order chi connectivity index (χ0) is 20.0. The maximum absolute atomic E-state index is 13.6. The first kappa shape index (κ1) is 17.7. The smallest absolute Gasteiger partial charge is 0.209 e. The van der Waals surface area contributed by atoms with Crippen molar-refractivity contribution in [2.75, 3.05) is 5.32 Å². The Kier molecular flexibility index (Phi) is 4.22. The van der Waals surface area contributed by atoms with Gasteiger partial charge in [0.15, 0.2) is 5.78 Å². The van der Waals surface area contributed by atoms with Crippen molar-refractivity contribution in [2.24, 2.45) is 0 Å². The van der Waals surface area contributed by atoms with Crippen molar-refractivity contribution in [3.8, 4) is 0 Å². The Morgan fingerprint density at radius 1 is 0.966 bits per heavy atom. The van der Waals surface area contributed by atoms with E-state index >= 15 is 0 Å². The first-order valence-electron chi connectivity index (χ1n) is 9.43. The number of halogens is 1. The average Bonchev–Trinajstić information content (AvgIpc) is 3.11. The Labute approximate surface area is 173 Å². The van der Waals surface area contributed by atoms with E-state index in [1.807, 2.05) is 85.8 Å². The summed E-state index contributed by atoms with van der Waals surface area (Å²) in [4.78, 5) is 18.3. The number of aromatic nitrogens is 2. The highest BCUT2D eigenvalue weighted by Crippen LogP contribution is 2.40. The van der Waals surface area contributed by atoms with Crippen LogP contribution in [-0.4, -0.2) is 15.3 Å². The summed E-state index contributed by atoms with van der Waals surface area (Å²) in [5.74, 6) is 0.729. The molecule has 0 aliphatic carbocycles. The Balaban J connectivity index is 1.76. The van der Waals surface area contributed by atoms with Gasteiger partial charge in [-0.1, -0.05) is 66.2 Å². The van der Waals surface area contributed by atoms with Crippen LogP contribution in [0.1, 0.15) is 28.9 Å². The fourth-order valence-electron chi connectivity index (χ4n) is 3.96. The van der Waals surface area contributed by atoms with E-state index in [4.69, 9.17) is 16.6 Å². The number of carbonyl (C=O) groups excluding carboxylic acids is 1. The normalized spacial score (nSPS) is 15.9. The number of para-hydroxylation sites is 2. The van der Waals surface area contributed by atoms with E-state index in [1.54, 1.807) is 0 Å². The van der Waals surface area contributed by atoms with Crippen LogP contribution in [0.4, 0.5) is 5.95 Å². The third-order valence-corrected chi connectivity index (χ3v) is 5.55. The lowest BCUT2D eigenvalue weighted by Crippen LogP contribution is -2.28. The van der Waals surface area contributed by atoms with Crippen LogP contribution in [0.25, 0.3) is 11.0 Å². The predicted molar refractivity (Wildman–Crippen MR) is 116 cm³/mol.